The molecule has 2 aromatic carbocycles. The number of hydrogen-bond donors (Lipinski definition) is 1. The third-order valence-electron chi connectivity index (χ3n) is 4.96. The molecule has 6 nitrogen and oxygen atoms in total. The molecule has 0 radical (unpaired) electrons. The molecule has 29 heavy (non-hydrogen) atoms. The highest BCUT2D eigenvalue weighted by Gasteiger charge is 2.23. The SMILES string of the molecule is Cc1cc(C)c(NC(=O)CN(C)CC(=O)N2CCC(c3ccccc3)=N2)c(C)c1. The molecule has 0 aliphatic carbocycles. The minimum absolute atomic E-state index is 0.103. The molecule has 1 heterocycles. The molecule has 2 amide bonds. The molecule has 0 saturated heterocycles. The molecule has 0 aromatic heterocycles. The number of carbonyl (C=O) groups is 2. The first-order chi connectivity index (χ1) is 13.8. The Labute approximate surface area is 172 Å². The molecule has 6 heteroatoms. The van der Waals surface area contributed by atoms with Crippen molar-refractivity contribution in [1.29, 1.82) is 0 Å². The van der Waals surface area contributed by atoms with E-state index in [9.17, 15) is 9.59 Å². The Kier molecular flexibility index (Phi) is 6.44. The van der Waals surface area contributed by atoms with Crippen LogP contribution in [0.1, 0.15) is 28.7 Å². The number of amides is 2. The second-order valence-electron chi connectivity index (χ2n) is 7.67. The van der Waals surface area contributed by atoms with Crippen LogP contribution in [0.5, 0.6) is 0 Å². The van der Waals surface area contributed by atoms with E-state index in [1.807, 2.05) is 63.2 Å². The summed E-state index contributed by atoms with van der Waals surface area (Å²) in [7, 11) is 1.77. The van der Waals surface area contributed by atoms with Crippen molar-refractivity contribution in [2.45, 2.75) is 27.2 Å². The van der Waals surface area contributed by atoms with Crippen molar-refractivity contribution in [1.82, 2.24) is 9.91 Å². The lowest BCUT2D eigenvalue weighted by Gasteiger charge is -2.19. The van der Waals surface area contributed by atoms with E-state index in [4.69, 9.17) is 0 Å². The molecule has 1 aliphatic heterocycles. The van der Waals surface area contributed by atoms with Crippen LogP contribution in [0.15, 0.2) is 47.6 Å². The van der Waals surface area contributed by atoms with Gasteiger partial charge in [0.2, 0.25) is 5.91 Å². The van der Waals surface area contributed by atoms with E-state index in [-0.39, 0.29) is 24.9 Å². The van der Waals surface area contributed by atoms with Gasteiger partial charge in [0.1, 0.15) is 0 Å². The van der Waals surface area contributed by atoms with Gasteiger partial charge in [0, 0.05) is 12.1 Å². The Morgan fingerprint density at radius 1 is 1.07 bits per heavy atom. The van der Waals surface area contributed by atoms with Crippen LogP contribution in [0.25, 0.3) is 0 Å². The van der Waals surface area contributed by atoms with Gasteiger partial charge in [-0.25, -0.2) is 5.01 Å². The number of hydrazone groups is 1. The number of likely N-dealkylation sites (N-methyl/N-ethyl adjacent to an activating group) is 1. The fraction of sp³-hybridized carbons (Fsp3) is 0.348. The summed E-state index contributed by atoms with van der Waals surface area (Å²) in [5.74, 6) is -0.237. The lowest BCUT2D eigenvalue weighted by Crippen LogP contribution is -2.39. The third kappa shape index (κ3) is 5.29. The zero-order valence-corrected chi connectivity index (χ0v) is 17.5. The number of carbonyl (C=O) groups excluding carboxylic acids is 2. The summed E-state index contributed by atoms with van der Waals surface area (Å²) in [4.78, 5) is 26.7. The molecular formula is C23H28N4O2. The number of benzene rings is 2. The number of nitrogens with zero attached hydrogens (tertiary/aromatic N) is 3. The number of nitrogens with one attached hydrogen (secondary N) is 1. The van der Waals surface area contributed by atoms with Gasteiger partial charge in [-0.3, -0.25) is 14.5 Å². The fourth-order valence-corrected chi connectivity index (χ4v) is 3.64. The summed E-state index contributed by atoms with van der Waals surface area (Å²) in [5, 5.41) is 8.94. The first kappa shape index (κ1) is 20.7. The van der Waals surface area contributed by atoms with Gasteiger partial charge in [-0.1, -0.05) is 48.0 Å². The highest BCUT2D eigenvalue weighted by Crippen LogP contribution is 2.21. The second-order valence-corrected chi connectivity index (χ2v) is 7.67. The van der Waals surface area contributed by atoms with E-state index in [1.165, 1.54) is 10.6 Å². The third-order valence-corrected chi connectivity index (χ3v) is 4.96. The van der Waals surface area contributed by atoms with E-state index in [1.54, 1.807) is 11.9 Å². The Bertz CT molecular complexity index is 914. The van der Waals surface area contributed by atoms with E-state index >= 15 is 0 Å². The van der Waals surface area contributed by atoms with Crippen LogP contribution in [-0.2, 0) is 9.59 Å². The number of anilines is 1. The van der Waals surface area contributed by atoms with Gasteiger partial charge in [0.15, 0.2) is 0 Å². The maximum atomic E-state index is 12.6. The van der Waals surface area contributed by atoms with Gasteiger partial charge in [-0.05, 0) is 44.5 Å². The molecular weight excluding hydrogens is 364 g/mol. The van der Waals surface area contributed by atoms with Crippen molar-refractivity contribution in [3.05, 3.63) is 64.7 Å². The summed E-state index contributed by atoms with van der Waals surface area (Å²) in [6.07, 6.45) is 0.742. The fourth-order valence-electron chi connectivity index (χ4n) is 3.64. The van der Waals surface area contributed by atoms with E-state index in [2.05, 4.69) is 10.4 Å². The van der Waals surface area contributed by atoms with Crippen molar-refractivity contribution in [3.63, 3.8) is 0 Å². The van der Waals surface area contributed by atoms with E-state index < -0.39 is 0 Å². The monoisotopic (exact) mass is 392 g/mol. The summed E-state index contributed by atoms with van der Waals surface area (Å²) >= 11 is 0. The van der Waals surface area contributed by atoms with Crippen molar-refractivity contribution >= 4 is 23.2 Å². The molecule has 0 spiro atoms. The van der Waals surface area contributed by atoms with Gasteiger partial charge in [0.25, 0.3) is 5.91 Å². The zero-order valence-electron chi connectivity index (χ0n) is 17.5. The highest BCUT2D eigenvalue weighted by atomic mass is 16.2. The Hall–Kier alpha value is -2.99. The highest BCUT2D eigenvalue weighted by molar-refractivity contribution is 6.02. The molecule has 0 bridgehead atoms. The number of hydrogen-bond acceptors (Lipinski definition) is 4. The molecule has 2 aromatic rings. The van der Waals surface area contributed by atoms with Crippen LogP contribution in [0, 0.1) is 20.8 Å². The summed E-state index contributed by atoms with van der Waals surface area (Å²) in [6, 6.07) is 14.0. The van der Waals surface area contributed by atoms with Gasteiger partial charge in [-0.2, -0.15) is 5.10 Å². The summed E-state index contributed by atoms with van der Waals surface area (Å²) in [5.41, 5.74) is 6.05. The lowest BCUT2D eigenvalue weighted by atomic mass is 10.1. The van der Waals surface area contributed by atoms with Gasteiger partial charge in [-0.15, -0.1) is 0 Å². The maximum Gasteiger partial charge on any atom is 0.256 e. The lowest BCUT2D eigenvalue weighted by molar-refractivity contribution is -0.132. The average Bonchev–Trinajstić information content (AvgIpc) is 3.15. The molecule has 0 atom stereocenters. The summed E-state index contributed by atoms with van der Waals surface area (Å²) < 4.78 is 0. The Morgan fingerprint density at radius 3 is 2.38 bits per heavy atom. The zero-order chi connectivity index (χ0) is 21.0. The van der Waals surface area contributed by atoms with Crippen LogP contribution >= 0.6 is 0 Å². The standard InChI is InChI=1S/C23H28N4O2/c1-16-12-17(2)23(18(3)13-16)24-21(28)14-26(4)15-22(29)27-11-10-20(25-27)19-8-6-5-7-9-19/h5-9,12-13H,10-11,14-15H2,1-4H3,(H,24,28). The summed E-state index contributed by atoms with van der Waals surface area (Å²) in [6.45, 7) is 6.86. The predicted octanol–water partition coefficient (Wildman–Crippen LogP) is 3.12. The van der Waals surface area contributed by atoms with Crippen LogP contribution in [0.3, 0.4) is 0 Å². The minimum atomic E-state index is -0.134. The first-order valence-electron chi connectivity index (χ1n) is 9.83. The second kappa shape index (κ2) is 9.01. The van der Waals surface area contributed by atoms with Gasteiger partial charge in [0.05, 0.1) is 25.3 Å². The van der Waals surface area contributed by atoms with Crippen LogP contribution in [-0.4, -0.2) is 54.1 Å². The van der Waals surface area contributed by atoms with E-state index in [0.29, 0.717) is 6.54 Å². The molecule has 0 saturated carbocycles. The quantitative estimate of drug-likeness (QED) is 0.821. The average molecular weight is 393 g/mol. The van der Waals surface area contributed by atoms with Crippen molar-refractivity contribution < 1.29 is 9.59 Å². The molecule has 3 rings (SSSR count). The Morgan fingerprint density at radius 2 is 1.72 bits per heavy atom. The van der Waals surface area contributed by atoms with Crippen molar-refractivity contribution in [2.24, 2.45) is 5.10 Å². The van der Waals surface area contributed by atoms with Gasteiger partial charge < -0.3 is 5.32 Å². The molecule has 1 aliphatic rings. The van der Waals surface area contributed by atoms with Crippen LogP contribution < -0.4 is 5.32 Å². The number of rotatable bonds is 6. The van der Waals surface area contributed by atoms with Crippen molar-refractivity contribution in [2.75, 3.05) is 32.0 Å². The molecule has 152 valence electrons. The Balaban J connectivity index is 1.54. The topological polar surface area (TPSA) is 65.0 Å². The maximum absolute atomic E-state index is 12.6. The van der Waals surface area contributed by atoms with Crippen LogP contribution in [0.2, 0.25) is 0 Å². The molecule has 0 fully saturated rings. The van der Waals surface area contributed by atoms with Crippen molar-refractivity contribution in [3.8, 4) is 0 Å². The first-order valence-corrected chi connectivity index (χ1v) is 9.83. The van der Waals surface area contributed by atoms with Gasteiger partial charge >= 0.3 is 0 Å². The number of aryl methyl sites for hydroxylation is 3. The smallest absolute Gasteiger partial charge is 0.256 e. The minimum Gasteiger partial charge on any atom is -0.324 e. The molecule has 1 N–H and O–H groups in total. The molecule has 0 unspecified atom stereocenters. The van der Waals surface area contributed by atoms with E-state index in [0.717, 1.165) is 34.5 Å². The van der Waals surface area contributed by atoms with Crippen LogP contribution in [0.4, 0.5) is 5.69 Å². The predicted molar refractivity (Wildman–Crippen MR) is 116 cm³/mol. The normalized spacial score (nSPS) is 13.6. The largest absolute Gasteiger partial charge is 0.324 e.